The van der Waals surface area contributed by atoms with Crippen LogP contribution in [0.5, 0.6) is 0 Å². The monoisotopic (exact) mass is 222 g/mol. The van der Waals surface area contributed by atoms with E-state index in [1.165, 1.54) is 0 Å². The second-order valence-corrected chi connectivity index (χ2v) is 3.31. The molecule has 0 aromatic carbocycles. The molecule has 0 unspecified atom stereocenters. The molecule has 1 heterocycles. The molecular formula is C11H18N4O. The van der Waals surface area contributed by atoms with E-state index in [1.807, 2.05) is 13.0 Å². The van der Waals surface area contributed by atoms with Crippen molar-refractivity contribution in [3.63, 3.8) is 0 Å². The number of nitrogens with zero attached hydrogens (tertiary/aromatic N) is 2. The minimum absolute atomic E-state index is 0.614. The molecule has 0 bridgehead atoms. The molecule has 1 aromatic heterocycles. The van der Waals surface area contributed by atoms with Crippen LogP contribution in [0.25, 0.3) is 0 Å². The van der Waals surface area contributed by atoms with E-state index in [0.29, 0.717) is 25.6 Å². The van der Waals surface area contributed by atoms with Crippen LogP contribution >= 0.6 is 0 Å². The fourth-order valence-electron chi connectivity index (χ4n) is 1.18. The molecule has 88 valence electrons. The van der Waals surface area contributed by atoms with Gasteiger partial charge < -0.3 is 15.4 Å². The summed E-state index contributed by atoms with van der Waals surface area (Å²) in [6.07, 6.45) is 1.79. The topological polar surface area (TPSA) is 59.1 Å². The third kappa shape index (κ3) is 4.27. The van der Waals surface area contributed by atoms with E-state index >= 15 is 0 Å². The van der Waals surface area contributed by atoms with Crippen LogP contribution in [0, 0.1) is 6.92 Å². The minimum atomic E-state index is 0.614. The zero-order valence-electron chi connectivity index (χ0n) is 9.79. The molecule has 5 nitrogen and oxygen atoms in total. The summed E-state index contributed by atoms with van der Waals surface area (Å²) in [5, 5.41) is 6.22. The van der Waals surface area contributed by atoms with E-state index < -0.39 is 0 Å². The second-order valence-electron chi connectivity index (χ2n) is 3.31. The Morgan fingerprint density at radius 1 is 1.44 bits per heavy atom. The van der Waals surface area contributed by atoms with E-state index in [0.717, 1.165) is 11.5 Å². The van der Waals surface area contributed by atoms with Crippen molar-refractivity contribution in [1.82, 2.24) is 9.97 Å². The normalized spacial score (nSPS) is 9.88. The molecule has 0 fully saturated rings. The van der Waals surface area contributed by atoms with Crippen molar-refractivity contribution in [3.05, 3.63) is 24.4 Å². The molecular weight excluding hydrogens is 204 g/mol. The first kappa shape index (κ1) is 12.4. The van der Waals surface area contributed by atoms with Crippen molar-refractivity contribution >= 4 is 11.8 Å². The van der Waals surface area contributed by atoms with Crippen LogP contribution in [-0.2, 0) is 4.74 Å². The van der Waals surface area contributed by atoms with Crippen LogP contribution in [0.1, 0.15) is 5.69 Å². The Kier molecular flexibility index (Phi) is 5.28. The summed E-state index contributed by atoms with van der Waals surface area (Å²) in [6, 6.07) is 1.89. The first-order valence-corrected chi connectivity index (χ1v) is 5.19. The smallest absolute Gasteiger partial charge is 0.224 e. The molecule has 5 heteroatoms. The summed E-state index contributed by atoms with van der Waals surface area (Å²) >= 11 is 0. The van der Waals surface area contributed by atoms with Crippen LogP contribution < -0.4 is 10.6 Å². The molecule has 0 saturated heterocycles. The van der Waals surface area contributed by atoms with E-state index in [4.69, 9.17) is 4.74 Å². The van der Waals surface area contributed by atoms with Crippen LogP contribution in [0.4, 0.5) is 11.8 Å². The summed E-state index contributed by atoms with van der Waals surface area (Å²) < 4.78 is 4.94. The van der Waals surface area contributed by atoms with Gasteiger partial charge in [-0.15, -0.1) is 6.58 Å². The highest BCUT2D eigenvalue weighted by molar-refractivity contribution is 5.42. The van der Waals surface area contributed by atoms with E-state index in [9.17, 15) is 0 Å². The first-order chi connectivity index (χ1) is 7.76. The molecule has 2 N–H and O–H groups in total. The second kappa shape index (κ2) is 6.79. The maximum Gasteiger partial charge on any atom is 0.224 e. The highest BCUT2D eigenvalue weighted by Crippen LogP contribution is 2.08. The number of hydrogen-bond acceptors (Lipinski definition) is 5. The van der Waals surface area contributed by atoms with Crippen molar-refractivity contribution in [2.45, 2.75) is 6.92 Å². The lowest BCUT2D eigenvalue weighted by atomic mass is 10.4. The molecule has 0 aliphatic carbocycles. The third-order valence-electron chi connectivity index (χ3n) is 1.87. The predicted octanol–water partition coefficient (Wildman–Crippen LogP) is 1.44. The van der Waals surface area contributed by atoms with E-state index in [1.54, 1.807) is 13.2 Å². The number of anilines is 2. The molecule has 0 aliphatic heterocycles. The fourth-order valence-corrected chi connectivity index (χ4v) is 1.18. The molecule has 0 saturated carbocycles. The standard InChI is InChI=1S/C11H18N4O/c1-4-5-12-10-8-9(2)14-11(15-10)13-6-7-16-3/h4,8H,1,5-7H2,2-3H3,(H2,12,13,14,15). The van der Waals surface area contributed by atoms with Crippen LogP contribution in [0.3, 0.4) is 0 Å². The van der Waals surface area contributed by atoms with Gasteiger partial charge in [0.05, 0.1) is 6.61 Å². The predicted molar refractivity (Wildman–Crippen MR) is 65.8 cm³/mol. The Hall–Kier alpha value is -1.62. The Balaban J connectivity index is 2.61. The Bertz CT molecular complexity index is 341. The number of rotatable bonds is 7. The molecule has 0 spiro atoms. The van der Waals surface area contributed by atoms with Gasteiger partial charge in [0.1, 0.15) is 5.82 Å². The number of nitrogens with one attached hydrogen (secondary N) is 2. The van der Waals surface area contributed by atoms with Gasteiger partial charge in [-0.3, -0.25) is 0 Å². The largest absolute Gasteiger partial charge is 0.383 e. The van der Waals surface area contributed by atoms with Crippen molar-refractivity contribution in [1.29, 1.82) is 0 Å². The van der Waals surface area contributed by atoms with Crippen LogP contribution in [-0.4, -0.2) is 36.8 Å². The maximum atomic E-state index is 4.94. The summed E-state index contributed by atoms with van der Waals surface area (Å²) in [5.74, 6) is 1.41. The SMILES string of the molecule is C=CCNc1cc(C)nc(NCCOC)n1. The molecule has 0 aliphatic rings. The summed E-state index contributed by atoms with van der Waals surface area (Å²) in [5.41, 5.74) is 0.918. The van der Waals surface area contributed by atoms with Crippen LogP contribution in [0.15, 0.2) is 18.7 Å². The number of hydrogen-bond donors (Lipinski definition) is 2. The first-order valence-electron chi connectivity index (χ1n) is 5.19. The zero-order chi connectivity index (χ0) is 11.8. The van der Waals surface area contributed by atoms with Crippen molar-refractivity contribution in [3.8, 4) is 0 Å². The summed E-state index contributed by atoms with van der Waals surface area (Å²) in [6.45, 7) is 7.59. The average molecular weight is 222 g/mol. The van der Waals surface area contributed by atoms with Gasteiger partial charge >= 0.3 is 0 Å². The van der Waals surface area contributed by atoms with Gasteiger partial charge in [0.25, 0.3) is 0 Å². The third-order valence-corrected chi connectivity index (χ3v) is 1.87. The van der Waals surface area contributed by atoms with Crippen molar-refractivity contribution in [2.75, 3.05) is 37.4 Å². The highest BCUT2D eigenvalue weighted by Gasteiger charge is 2.00. The lowest BCUT2D eigenvalue weighted by molar-refractivity contribution is 0.210. The molecule has 16 heavy (non-hydrogen) atoms. The van der Waals surface area contributed by atoms with Crippen molar-refractivity contribution < 1.29 is 4.74 Å². The van der Waals surface area contributed by atoms with Gasteiger partial charge in [-0.1, -0.05) is 6.08 Å². The molecule has 0 radical (unpaired) electrons. The van der Waals surface area contributed by atoms with Gasteiger partial charge in [0.2, 0.25) is 5.95 Å². The average Bonchev–Trinajstić information content (AvgIpc) is 2.26. The van der Waals surface area contributed by atoms with Gasteiger partial charge in [-0.2, -0.15) is 4.98 Å². The lowest BCUT2D eigenvalue weighted by Crippen LogP contribution is -2.12. The zero-order valence-corrected chi connectivity index (χ0v) is 9.79. The molecule has 0 amide bonds. The van der Waals surface area contributed by atoms with Gasteiger partial charge in [-0.25, -0.2) is 4.98 Å². The van der Waals surface area contributed by atoms with Gasteiger partial charge in [0.15, 0.2) is 0 Å². The number of aryl methyl sites for hydroxylation is 1. The minimum Gasteiger partial charge on any atom is -0.383 e. The quantitative estimate of drug-likeness (QED) is 0.540. The van der Waals surface area contributed by atoms with Gasteiger partial charge in [-0.05, 0) is 6.92 Å². The Labute approximate surface area is 95.9 Å². The number of methoxy groups -OCH3 is 1. The lowest BCUT2D eigenvalue weighted by Gasteiger charge is -2.08. The fraction of sp³-hybridized carbons (Fsp3) is 0.455. The summed E-state index contributed by atoms with van der Waals surface area (Å²) in [7, 11) is 1.66. The number of ether oxygens (including phenoxy) is 1. The highest BCUT2D eigenvalue weighted by atomic mass is 16.5. The summed E-state index contributed by atoms with van der Waals surface area (Å²) in [4.78, 5) is 8.58. The van der Waals surface area contributed by atoms with Gasteiger partial charge in [0, 0.05) is 32.0 Å². The van der Waals surface area contributed by atoms with E-state index in [-0.39, 0.29) is 0 Å². The maximum absolute atomic E-state index is 4.94. The molecule has 1 aromatic rings. The van der Waals surface area contributed by atoms with Crippen LogP contribution in [0.2, 0.25) is 0 Å². The number of aromatic nitrogens is 2. The Morgan fingerprint density at radius 3 is 2.94 bits per heavy atom. The van der Waals surface area contributed by atoms with E-state index in [2.05, 4.69) is 27.2 Å². The molecule has 0 atom stereocenters. The molecule has 1 rings (SSSR count). The van der Waals surface area contributed by atoms with Crippen molar-refractivity contribution in [2.24, 2.45) is 0 Å². The Morgan fingerprint density at radius 2 is 2.25 bits per heavy atom.